The van der Waals surface area contributed by atoms with Gasteiger partial charge in [-0.2, -0.15) is 0 Å². The molecule has 0 bridgehead atoms. The topological polar surface area (TPSA) is 15.3 Å². The van der Waals surface area contributed by atoms with Crippen LogP contribution in [0.2, 0.25) is 0 Å². The molecule has 106 valence electrons. The van der Waals surface area contributed by atoms with Crippen LogP contribution in [0.5, 0.6) is 0 Å². The summed E-state index contributed by atoms with van der Waals surface area (Å²) < 4.78 is 0. The summed E-state index contributed by atoms with van der Waals surface area (Å²) in [6.45, 7) is 10.9. The van der Waals surface area contributed by atoms with Gasteiger partial charge < -0.3 is 5.32 Å². The summed E-state index contributed by atoms with van der Waals surface area (Å²) in [6, 6.07) is 0.683. The predicted octanol–water partition coefficient (Wildman–Crippen LogP) is 3.42. The van der Waals surface area contributed by atoms with Crippen LogP contribution in [0.4, 0.5) is 0 Å². The molecule has 1 aliphatic heterocycles. The molecule has 1 unspecified atom stereocenters. The van der Waals surface area contributed by atoms with Gasteiger partial charge in [0.15, 0.2) is 0 Å². The summed E-state index contributed by atoms with van der Waals surface area (Å²) in [5, 5.41) is 3.82. The molecular formula is C16H32N2. The summed E-state index contributed by atoms with van der Waals surface area (Å²) >= 11 is 0. The maximum absolute atomic E-state index is 3.82. The molecule has 2 fully saturated rings. The molecule has 1 saturated heterocycles. The van der Waals surface area contributed by atoms with E-state index in [0.717, 1.165) is 12.5 Å². The zero-order valence-electron chi connectivity index (χ0n) is 12.7. The van der Waals surface area contributed by atoms with Crippen LogP contribution in [0, 0.1) is 5.92 Å². The van der Waals surface area contributed by atoms with Gasteiger partial charge in [0, 0.05) is 11.6 Å². The molecule has 0 spiro atoms. The minimum absolute atomic E-state index is 0.325. The quantitative estimate of drug-likeness (QED) is 0.806. The van der Waals surface area contributed by atoms with E-state index >= 15 is 0 Å². The van der Waals surface area contributed by atoms with Crippen LogP contribution in [0.15, 0.2) is 0 Å². The summed E-state index contributed by atoms with van der Waals surface area (Å²) in [7, 11) is 0. The van der Waals surface area contributed by atoms with Crippen LogP contribution in [0.3, 0.4) is 0 Å². The van der Waals surface area contributed by atoms with E-state index in [1.807, 2.05) is 0 Å². The van der Waals surface area contributed by atoms with Gasteiger partial charge in [-0.15, -0.1) is 0 Å². The van der Waals surface area contributed by atoms with E-state index in [1.54, 1.807) is 0 Å². The van der Waals surface area contributed by atoms with E-state index in [9.17, 15) is 0 Å². The van der Waals surface area contributed by atoms with Crippen LogP contribution in [0.25, 0.3) is 0 Å². The smallest absolute Gasteiger partial charge is 0.0308 e. The Morgan fingerprint density at radius 2 is 1.67 bits per heavy atom. The number of likely N-dealkylation sites (tertiary alicyclic amines) is 1. The van der Waals surface area contributed by atoms with Crippen molar-refractivity contribution in [3.8, 4) is 0 Å². The second-order valence-electron chi connectivity index (χ2n) is 6.78. The first-order valence-electron chi connectivity index (χ1n) is 8.14. The van der Waals surface area contributed by atoms with Crippen molar-refractivity contribution >= 4 is 0 Å². The van der Waals surface area contributed by atoms with Crippen molar-refractivity contribution in [3.63, 3.8) is 0 Å². The third-order valence-electron chi connectivity index (χ3n) is 5.23. The van der Waals surface area contributed by atoms with Gasteiger partial charge in [0.05, 0.1) is 0 Å². The monoisotopic (exact) mass is 252 g/mol. The molecule has 0 radical (unpaired) electrons. The molecule has 0 aromatic carbocycles. The van der Waals surface area contributed by atoms with Crippen molar-refractivity contribution in [1.29, 1.82) is 0 Å². The summed E-state index contributed by atoms with van der Waals surface area (Å²) in [6.07, 6.45) is 10.00. The molecular weight excluding hydrogens is 220 g/mol. The molecule has 1 saturated carbocycles. The van der Waals surface area contributed by atoms with E-state index in [0.29, 0.717) is 11.6 Å². The molecule has 1 heterocycles. The average molecular weight is 252 g/mol. The van der Waals surface area contributed by atoms with Crippen LogP contribution < -0.4 is 5.32 Å². The Bertz CT molecular complexity index is 237. The highest BCUT2D eigenvalue weighted by Crippen LogP contribution is 2.35. The number of rotatable bonds is 5. The van der Waals surface area contributed by atoms with Crippen molar-refractivity contribution in [2.75, 3.05) is 19.6 Å². The number of likely N-dealkylation sites (N-methyl/N-ethyl adjacent to an activating group) is 1. The van der Waals surface area contributed by atoms with Crippen molar-refractivity contribution in [3.05, 3.63) is 0 Å². The first-order valence-corrected chi connectivity index (χ1v) is 8.14. The minimum atomic E-state index is 0.325. The van der Waals surface area contributed by atoms with Crippen LogP contribution in [-0.2, 0) is 0 Å². The fourth-order valence-electron chi connectivity index (χ4n) is 4.17. The number of nitrogens with one attached hydrogen (secondary N) is 1. The van der Waals surface area contributed by atoms with Crippen molar-refractivity contribution in [2.24, 2.45) is 5.92 Å². The van der Waals surface area contributed by atoms with E-state index in [-0.39, 0.29) is 0 Å². The van der Waals surface area contributed by atoms with E-state index in [2.05, 4.69) is 31.0 Å². The van der Waals surface area contributed by atoms with Gasteiger partial charge in [0.2, 0.25) is 0 Å². The van der Waals surface area contributed by atoms with Crippen LogP contribution in [-0.4, -0.2) is 36.1 Å². The first-order chi connectivity index (χ1) is 8.66. The lowest BCUT2D eigenvalue weighted by Gasteiger charge is -2.48. The Hall–Kier alpha value is -0.0800. The molecule has 2 heteroatoms. The molecule has 0 aromatic heterocycles. The maximum Gasteiger partial charge on any atom is 0.0308 e. The summed E-state index contributed by atoms with van der Waals surface area (Å²) in [5.74, 6) is 0.905. The molecule has 0 amide bonds. The van der Waals surface area contributed by atoms with Gasteiger partial charge in [0.25, 0.3) is 0 Å². The molecule has 1 aliphatic carbocycles. The highest BCUT2D eigenvalue weighted by Gasteiger charge is 2.40. The molecule has 2 nitrogen and oxygen atoms in total. The van der Waals surface area contributed by atoms with Crippen LogP contribution >= 0.6 is 0 Å². The fourth-order valence-corrected chi connectivity index (χ4v) is 4.17. The lowest BCUT2D eigenvalue weighted by atomic mass is 9.81. The lowest BCUT2D eigenvalue weighted by molar-refractivity contribution is 0.0414. The largest absolute Gasteiger partial charge is 0.312 e. The van der Waals surface area contributed by atoms with E-state index < -0.39 is 0 Å². The first kappa shape index (κ1) is 14.3. The van der Waals surface area contributed by atoms with Crippen molar-refractivity contribution < 1.29 is 0 Å². The number of hydrogen-bond donors (Lipinski definition) is 1. The summed E-state index contributed by atoms with van der Waals surface area (Å²) in [5.41, 5.74) is 0.325. The third kappa shape index (κ3) is 3.08. The Morgan fingerprint density at radius 3 is 2.22 bits per heavy atom. The third-order valence-corrected chi connectivity index (χ3v) is 5.23. The van der Waals surface area contributed by atoms with E-state index in [4.69, 9.17) is 0 Å². The van der Waals surface area contributed by atoms with Crippen molar-refractivity contribution in [1.82, 2.24) is 10.2 Å². The Kier molecular flexibility index (Phi) is 5.08. The summed E-state index contributed by atoms with van der Waals surface area (Å²) in [4.78, 5) is 2.75. The second-order valence-corrected chi connectivity index (χ2v) is 6.78. The van der Waals surface area contributed by atoms with Gasteiger partial charge in [-0.3, -0.25) is 4.90 Å². The predicted molar refractivity (Wildman–Crippen MR) is 78.9 cm³/mol. The van der Waals surface area contributed by atoms with Gasteiger partial charge in [0.1, 0.15) is 0 Å². The standard InChI is InChI=1S/C16H32N2/c1-4-17-15(14-10-6-7-11-14)16(2,3)18-12-8-5-9-13-18/h14-15,17H,4-13H2,1-3H3. The highest BCUT2D eigenvalue weighted by molar-refractivity contribution is 4.98. The number of hydrogen-bond acceptors (Lipinski definition) is 2. The molecule has 1 N–H and O–H groups in total. The normalized spacial score (nSPS) is 25.5. The van der Waals surface area contributed by atoms with Gasteiger partial charge >= 0.3 is 0 Å². The molecule has 0 aromatic rings. The van der Waals surface area contributed by atoms with Crippen molar-refractivity contribution in [2.45, 2.75) is 77.3 Å². The van der Waals surface area contributed by atoms with E-state index in [1.165, 1.54) is 58.0 Å². The molecule has 2 rings (SSSR count). The highest BCUT2D eigenvalue weighted by atomic mass is 15.2. The Morgan fingerprint density at radius 1 is 1.06 bits per heavy atom. The second kappa shape index (κ2) is 6.38. The minimum Gasteiger partial charge on any atom is -0.312 e. The maximum atomic E-state index is 3.82. The SMILES string of the molecule is CCNC(C1CCCC1)C(C)(C)N1CCCCC1. The lowest BCUT2D eigenvalue weighted by Crippen LogP contribution is -2.61. The molecule has 2 aliphatic rings. The molecule has 1 atom stereocenters. The van der Waals surface area contributed by atoms with Gasteiger partial charge in [-0.25, -0.2) is 0 Å². The Balaban J connectivity index is 2.05. The van der Waals surface area contributed by atoms with Crippen LogP contribution in [0.1, 0.15) is 65.7 Å². The van der Waals surface area contributed by atoms with Gasteiger partial charge in [-0.05, 0) is 65.1 Å². The average Bonchev–Trinajstić information content (AvgIpc) is 2.90. The molecule has 18 heavy (non-hydrogen) atoms. The van der Waals surface area contributed by atoms with Gasteiger partial charge in [-0.1, -0.05) is 26.2 Å². The number of nitrogens with zero attached hydrogens (tertiary/aromatic N) is 1. The Labute approximate surface area is 114 Å². The zero-order valence-corrected chi connectivity index (χ0v) is 12.7. The number of piperidine rings is 1. The zero-order chi connectivity index (χ0) is 13.0. The fraction of sp³-hybridized carbons (Fsp3) is 1.00.